The Kier molecular flexibility index (Phi) is 6.56. The molecule has 2 heterocycles. The zero-order chi connectivity index (χ0) is 20.0. The largest absolute Gasteiger partial charge is 0.345 e. The number of amides is 1. The highest BCUT2D eigenvalue weighted by Gasteiger charge is 2.16. The van der Waals surface area contributed by atoms with Crippen molar-refractivity contribution >= 4 is 27.3 Å². The number of hydrogen-bond acceptors (Lipinski definition) is 5. The van der Waals surface area contributed by atoms with E-state index in [2.05, 4.69) is 15.0 Å². The summed E-state index contributed by atoms with van der Waals surface area (Å²) in [6.07, 6.45) is 4.01. The standard InChI is InChI=1S/C20H21N3O3S2/c1-15(17-4-2-11-21-14-17)23-20(24)16-6-8-19(9-7-16)28(25,26)22-12-10-18-5-3-13-27-18/h2-9,11,13-15,22H,10,12H2,1H3,(H,23,24)/t15-/m1/s1. The van der Waals surface area contributed by atoms with Gasteiger partial charge in [-0.3, -0.25) is 9.78 Å². The summed E-state index contributed by atoms with van der Waals surface area (Å²) in [6.45, 7) is 2.19. The molecule has 0 radical (unpaired) electrons. The topological polar surface area (TPSA) is 88.2 Å². The molecular weight excluding hydrogens is 394 g/mol. The summed E-state index contributed by atoms with van der Waals surface area (Å²) in [5.74, 6) is -0.272. The van der Waals surface area contributed by atoms with Crippen LogP contribution >= 0.6 is 11.3 Å². The molecule has 0 bridgehead atoms. The lowest BCUT2D eigenvalue weighted by molar-refractivity contribution is 0.0939. The van der Waals surface area contributed by atoms with Crippen molar-refractivity contribution in [2.45, 2.75) is 24.3 Å². The van der Waals surface area contributed by atoms with Crippen molar-refractivity contribution in [1.82, 2.24) is 15.0 Å². The number of sulfonamides is 1. The van der Waals surface area contributed by atoms with E-state index in [0.29, 0.717) is 18.5 Å². The maximum absolute atomic E-state index is 12.4. The van der Waals surface area contributed by atoms with Crippen LogP contribution < -0.4 is 10.0 Å². The molecule has 0 saturated carbocycles. The Balaban J connectivity index is 1.59. The van der Waals surface area contributed by atoms with Crippen molar-refractivity contribution in [2.24, 2.45) is 0 Å². The van der Waals surface area contributed by atoms with Crippen molar-refractivity contribution in [2.75, 3.05) is 6.54 Å². The van der Waals surface area contributed by atoms with Crippen LogP contribution in [0, 0.1) is 0 Å². The quantitative estimate of drug-likeness (QED) is 0.592. The second kappa shape index (κ2) is 9.09. The van der Waals surface area contributed by atoms with Gasteiger partial charge in [-0.1, -0.05) is 12.1 Å². The maximum atomic E-state index is 12.4. The highest BCUT2D eigenvalue weighted by molar-refractivity contribution is 7.89. The molecular formula is C20H21N3O3S2. The van der Waals surface area contributed by atoms with Crippen LogP contribution in [0.3, 0.4) is 0 Å². The monoisotopic (exact) mass is 415 g/mol. The molecule has 0 aliphatic heterocycles. The minimum Gasteiger partial charge on any atom is -0.345 e. The number of rotatable bonds is 8. The van der Waals surface area contributed by atoms with E-state index in [0.717, 1.165) is 10.4 Å². The van der Waals surface area contributed by atoms with Crippen LogP contribution in [0.4, 0.5) is 0 Å². The molecule has 0 fully saturated rings. The second-order valence-electron chi connectivity index (χ2n) is 6.23. The Morgan fingerprint density at radius 3 is 2.57 bits per heavy atom. The molecule has 1 atom stereocenters. The molecule has 1 amide bonds. The van der Waals surface area contributed by atoms with Crippen LogP contribution in [-0.2, 0) is 16.4 Å². The molecule has 0 saturated heterocycles. The fourth-order valence-electron chi connectivity index (χ4n) is 2.63. The van der Waals surface area contributed by atoms with Crippen LogP contribution in [0.15, 0.2) is 71.2 Å². The third kappa shape index (κ3) is 5.25. The second-order valence-corrected chi connectivity index (χ2v) is 9.03. The molecule has 6 nitrogen and oxygen atoms in total. The third-order valence-corrected chi connectivity index (χ3v) is 6.62. The first kappa shape index (κ1) is 20.2. The Labute approximate surface area is 168 Å². The predicted molar refractivity (Wildman–Crippen MR) is 110 cm³/mol. The number of carbonyl (C=O) groups excluding carboxylic acids is 1. The highest BCUT2D eigenvalue weighted by Crippen LogP contribution is 2.14. The van der Waals surface area contributed by atoms with Crippen LogP contribution in [-0.4, -0.2) is 25.9 Å². The SMILES string of the molecule is C[C@@H](NC(=O)c1ccc(S(=O)(=O)NCCc2cccs2)cc1)c1cccnc1. The van der Waals surface area contributed by atoms with Gasteiger partial charge in [-0.15, -0.1) is 11.3 Å². The summed E-state index contributed by atoms with van der Waals surface area (Å²) in [4.78, 5) is 17.7. The minimum atomic E-state index is -3.61. The van der Waals surface area contributed by atoms with Crippen molar-refractivity contribution in [3.05, 3.63) is 82.3 Å². The van der Waals surface area contributed by atoms with Gasteiger partial charge in [-0.05, 0) is 60.7 Å². The Morgan fingerprint density at radius 1 is 1.14 bits per heavy atom. The highest BCUT2D eigenvalue weighted by atomic mass is 32.2. The summed E-state index contributed by atoms with van der Waals surface area (Å²) in [7, 11) is -3.61. The number of hydrogen-bond donors (Lipinski definition) is 2. The molecule has 3 rings (SSSR count). The molecule has 146 valence electrons. The molecule has 8 heteroatoms. The molecule has 1 aromatic carbocycles. The van der Waals surface area contributed by atoms with E-state index in [4.69, 9.17) is 0 Å². The number of nitrogens with one attached hydrogen (secondary N) is 2. The maximum Gasteiger partial charge on any atom is 0.251 e. The lowest BCUT2D eigenvalue weighted by Gasteiger charge is -2.14. The molecule has 0 unspecified atom stereocenters. The van der Waals surface area contributed by atoms with E-state index < -0.39 is 10.0 Å². The average molecular weight is 416 g/mol. The van der Waals surface area contributed by atoms with Crippen LogP contribution in [0.5, 0.6) is 0 Å². The molecule has 2 aromatic heterocycles. The smallest absolute Gasteiger partial charge is 0.251 e. The summed E-state index contributed by atoms with van der Waals surface area (Å²) in [6, 6.07) is 13.3. The van der Waals surface area contributed by atoms with Gasteiger partial charge in [0.05, 0.1) is 10.9 Å². The summed E-state index contributed by atoms with van der Waals surface area (Å²) >= 11 is 1.59. The van der Waals surface area contributed by atoms with Crippen LogP contribution in [0.25, 0.3) is 0 Å². The van der Waals surface area contributed by atoms with E-state index >= 15 is 0 Å². The molecule has 3 aromatic rings. The van der Waals surface area contributed by atoms with Gasteiger partial charge >= 0.3 is 0 Å². The van der Waals surface area contributed by atoms with Gasteiger partial charge in [0, 0.05) is 29.4 Å². The number of thiophene rings is 1. The lowest BCUT2D eigenvalue weighted by Crippen LogP contribution is -2.27. The number of aromatic nitrogens is 1. The van der Waals surface area contributed by atoms with Gasteiger partial charge in [-0.2, -0.15) is 0 Å². The molecule has 0 aliphatic carbocycles. The fraction of sp³-hybridized carbons (Fsp3) is 0.200. The summed E-state index contributed by atoms with van der Waals surface area (Å²) in [5, 5.41) is 4.84. The van der Waals surface area contributed by atoms with Crippen LogP contribution in [0.1, 0.15) is 33.8 Å². The molecule has 0 aliphatic rings. The predicted octanol–water partition coefficient (Wildman–Crippen LogP) is 3.16. The van der Waals surface area contributed by atoms with E-state index in [1.807, 2.05) is 36.6 Å². The van der Waals surface area contributed by atoms with Crippen molar-refractivity contribution < 1.29 is 13.2 Å². The Bertz CT molecular complexity index is 1000. The molecule has 0 spiro atoms. The normalized spacial score (nSPS) is 12.5. The van der Waals surface area contributed by atoms with E-state index in [1.54, 1.807) is 23.7 Å². The lowest BCUT2D eigenvalue weighted by atomic mass is 10.1. The zero-order valence-electron chi connectivity index (χ0n) is 15.3. The van der Waals surface area contributed by atoms with Gasteiger partial charge in [0.2, 0.25) is 10.0 Å². The first-order chi connectivity index (χ1) is 13.5. The van der Waals surface area contributed by atoms with Crippen molar-refractivity contribution in [1.29, 1.82) is 0 Å². The van der Waals surface area contributed by atoms with Gasteiger partial charge in [0.25, 0.3) is 5.91 Å². The van der Waals surface area contributed by atoms with Gasteiger partial charge < -0.3 is 5.32 Å². The zero-order valence-corrected chi connectivity index (χ0v) is 17.0. The van der Waals surface area contributed by atoms with Gasteiger partial charge in [-0.25, -0.2) is 13.1 Å². The fourth-order valence-corrected chi connectivity index (χ4v) is 4.37. The van der Waals surface area contributed by atoms with E-state index in [-0.39, 0.29) is 16.8 Å². The number of pyridine rings is 1. The minimum absolute atomic E-state index is 0.135. The summed E-state index contributed by atoms with van der Waals surface area (Å²) < 4.78 is 27.4. The van der Waals surface area contributed by atoms with Crippen molar-refractivity contribution in [3.63, 3.8) is 0 Å². The van der Waals surface area contributed by atoms with Gasteiger partial charge in [0.1, 0.15) is 0 Å². The third-order valence-electron chi connectivity index (χ3n) is 4.20. The van der Waals surface area contributed by atoms with E-state index in [1.165, 1.54) is 24.3 Å². The average Bonchev–Trinajstić information content (AvgIpc) is 3.22. The molecule has 2 N–H and O–H groups in total. The summed E-state index contributed by atoms with van der Waals surface area (Å²) in [5.41, 5.74) is 1.29. The van der Waals surface area contributed by atoms with E-state index in [9.17, 15) is 13.2 Å². The number of nitrogens with zero attached hydrogens (tertiary/aromatic N) is 1. The van der Waals surface area contributed by atoms with Gasteiger partial charge in [0.15, 0.2) is 0 Å². The van der Waals surface area contributed by atoms with Crippen LogP contribution in [0.2, 0.25) is 0 Å². The number of carbonyl (C=O) groups is 1. The Morgan fingerprint density at radius 2 is 1.93 bits per heavy atom. The first-order valence-corrected chi connectivity index (χ1v) is 11.1. The Hall–Kier alpha value is -2.55. The number of benzene rings is 1. The molecule has 28 heavy (non-hydrogen) atoms. The van der Waals surface area contributed by atoms with Crippen molar-refractivity contribution in [3.8, 4) is 0 Å². The first-order valence-electron chi connectivity index (χ1n) is 8.78.